The quantitative estimate of drug-likeness (QED) is 0.863. The van der Waals surface area contributed by atoms with Gasteiger partial charge in [-0.05, 0) is 49.8 Å². The van der Waals surface area contributed by atoms with E-state index in [1.54, 1.807) is 0 Å². The van der Waals surface area contributed by atoms with Gasteiger partial charge in [-0.25, -0.2) is 0 Å². The van der Waals surface area contributed by atoms with E-state index < -0.39 is 0 Å². The Morgan fingerprint density at radius 3 is 2.65 bits per heavy atom. The summed E-state index contributed by atoms with van der Waals surface area (Å²) >= 11 is 0. The minimum absolute atomic E-state index is 0.630. The minimum atomic E-state index is 0.630. The Morgan fingerprint density at radius 1 is 1.29 bits per heavy atom. The molecule has 1 aromatic carbocycles. The zero-order chi connectivity index (χ0) is 12.1. The molecule has 2 rings (SSSR count). The molecular formula is C15H23NO. The van der Waals surface area contributed by atoms with Crippen LogP contribution in [0.2, 0.25) is 0 Å². The maximum Gasteiger partial charge on any atom is 0.0468 e. The Kier molecular flexibility index (Phi) is 4.57. The number of nitrogens with one attached hydrogen (secondary N) is 1. The van der Waals surface area contributed by atoms with Gasteiger partial charge in [0.15, 0.2) is 0 Å². The van der Waals surface area contributed by atoms with E-state index in [0.717, 1.165) is 25.7 Å². The first-order chi connectivity index (χ1) is 8.33. The zero-order valence-electron chi connectivity index (χ0n) is 10.9. The van der Waals surface area contributed by atoms with Gasteiger partial charge in [0.05, 0.1) is 0 Å². The van der Waals surface area contributed by atoms with Crippen LogP contribution in [-0.4, -0.2) is 26.8 Å². The fourth-order valence-corrected chi connectivity index (χ4v) is 2.87. The highest BCUT2D eigenvalue weighted by Gasteiger charge is 2.25. The molecule has 1 fully saturated rings. The van der Waals surface area contributed by atoms with Gasteiger partial charge in [0.1, 0.15) is 0 Å². The molecule has 0 amide bonds. The van der Waals surface area contributed by atoms with Gasteiger partial charge in [-0.3, -0.25) is 0 Å². The third kappa shape index (κ3) is 3.08. The monoisotopic (exact) mass is 233 g/mol. The average Bonchev–Trinajstić information content (AvgIpc) is 2.38. The number of benzene rings is 1. The topological polar surface area (TPSA) is 21.3 Å². The van der Waals surface area contributed by atoms with E-state index in [0.29, 0.717) is 5.92 Å². The second-order valence-electron chi connectivity index (χ2n) is 4.97. The highest BCUT2D eigenvalue weighted by Crippen LogP contribution is 2.33. The van der Waals surface area contributed by atoms with Crippen LogP contribution in [0.5, 0.6) is 0 Å². The van der Waals surface area contributed by atoms with Gasteiger partial charge in [-0.1, -0.05) is 24.3 Å². The molecule has 1 aromatic rings. The summed E-state index contributed by atoms with van der Waals surface area (Å²) in [6, 6.07) is 8.79. The summed E-state index contributed by atoms with van der Waals surface area (Å²) in [6.07, 6.45) is 2.39. The molecule has 1 saturated heterocycles. The first-order valence-corrected chi connectivity index (χ1v) is 6.61. The van der Waals surface area contributed by atoms with Crippen LogP contribution in [0.4, 0.5) is 0 Å². The van der Waals surface area contributed by atoms with Crippen LogP contribution in [0, 0.1) is 12.8 Å². The van der Waals surface area contributed by atoms with Crippen molar-refractivity contribution in [3.8, 4) is 0 Å². The van der Waals surface area contributed by atoms with E-state index in [1.165, 1.54) is 24.0 Å². The number of rotatable bonds is 4. The molecule has 1 N–H and O–H groups in total. The second-order valence-corrected chi connectivity index (χ2v) is 4.97. The molecule has 1 heterocycles. The summed E-state index contributed by atoms with van der Waals surface area (Å²) < 4.78 is 5.47. The molecule has 0 bridgehead atoms. The smallest absolute Gasteiger partial charge is 0.0468 e. The summed E-state index contributed by atoms with van der Waals surface area (Å²) in [5, 5.41) is 3.35. The number of hydrogen-bond donors (Lipinski definition) is 1. The van der Waals surface area contributed by atoms with E-state index in [2.05, 4.69) is 36.5 Å². The Bertz CT molecular complexity index is 345. The standard InChI is InChI=1S/C15H23NO/c1-12-5-3-4-6-14(12)15(11-16-2)13-7-9-17-10-8-13/h3-6,13,15-16H,7-11H2,1-2H3. The molecular weight excluding hydrogens is 210 g/mol. The van der Waals surface area contributed by atoms with Gasteiger partial charge >= 0.3 is 0 Å². The normalized spacial score (nSPS) is 19.2. The Balaban J connectivity index is 2.18. The van der Waals surface area contributed by atoms with E-state index in [-0.39, 0.29) is 0 Å². The molecule has 2 nitrogen and oxygen atoms in total. The van der Waals surface area contributed by atoms with Crippen molar-refractivity contribution < 1.29 is 4.74 Å². The maximum absolute atomic E-state index is 5.47. The predicted molar refractivity (Wildman–Crippen MR) is 71.4 cm³/mol. The lowest BCUT2D eigenvalue weighted by atomic mass is 9.80. The van der Waals surface area contributed by atoms with Crippen molar-refractivity contribution in [3.63, 3.8) is 0 Å². The van der Waals surface area contributed by atoms with Crippen LogP contribution in [0.1, 0.15) is 29.9 Å². The molecule has 0 radical (unpaired) electrons. The zero-order valence-corrected chi connectivity index (χ0v) is 10.9. The Hall–Kier alpha value is -0.860. The van der Waals surface area contributed by atoms with Crippen molar-refractivity contribution in [3.05, 3.63) is 35.4 Å². The van der Waals surface area contributed by atoms with Crippen molar-refractivity contribution in [1.29, 1.82) is 0 Å². The van der Waals surface area contributed by atoms with Crippen LogP contribution in [0.15, 0.2) is 24.3 Å². The van der Waals surface area contributed by atoms with E-state index in [9.17, 15) is 0 Å². The van der Waals surface area contributed by atoms with Crippen LogP contribution in [-0.2, 0) is 4.74 Å². The van der Waals surface area contributed by atoms with Gasteiger partial charge in [0, 0.05) is 19.8 Å². The minimum Gasteiger partial charge on any atom is -0.381 e. The number of aryl methyl sites for hydroxylation is 1. The summed E-state index contributed by atoms with van der Waals surface area (Å²) in [7, 11) is 2.05. The molecule has 1 unspecified atom stereocenters. The lowest BCUT2D eigenvalue weighted by Gasteiger charge is -2.31. The molecule has 0 aromatic heterocycles. The number of likely N-dealkylation sites (N-methyl/N-ethyl adjacent to an activating group) is 1. The Labute approximate surface area is 104 Å². The number of hydrogen-bond acceptors (Lipinski definition) is 2. The van der Waals surface area contributed by atoms with Gasteiger partial charge in [-0.2, -0.15) is 0 Å². The van der Waals surface area contributed by atoms with E-state index in [4.69, 9.17) is 4.74 Å². The third-order valence-electron chi connectivity index (χ3n) is 3.85. The van der Waals surface area contributed by atoms with Crippen LogP contribution >= 0.6 is 0 Å². The molecule has 94 valence electrons. The maximum atomic E-state index is 5.47. The Morgan fingerprint density at radius 2 is 2.00 bits per heavy atom. The highest BCUT2D eigenvalue weighted by molar-refractivity contribution is 5.30. The number of ether oxygens (including phenoxy) is 1. The van der Waals surface area contributed by atoms with Crippen molar-refractivity contribution in [2.75, 3.05) is 26.8 Å². The largest absolute Gasteiger partial charge is 0.381 e. The fourth-order valence-electron chi connectivity index (χ4n) is 2.87. The van der Waals surface area contributed by atoms with E-state index in [1.807, 2.05) is 7.05 Å². The molecule has 1 aliphatic heterocycles. The summed E-state index contributed by atoms with van der Waals surface area (Å²) in [5.41, 5.74) is 2.92. The molecule has 1 aliphatic rings. The van der Waals surface area contributed by atoms with Crippen LogP contribution in [0.25, 0.3) is 0 Å². The summed E-state index contributed by atoms with van der Waals surface area (Å²) in [6.45, 7) is 5.14. The second kappa shape index (κ2) is 6.18. The van der Waals surface area contributed by atoms with Crippen molar-refractivity contribution in [2.45, 2.75) is 25.7 Å². The van der Waals surface area contributed by atoms with Crippen LogP contribution in [0.3, 0.4) is 0 Å². The average molecular weight is 233 g/mol. The lowest BCUT2D eigenvalue weighted by Crippen LogP contribution is -2.29. The molecule has 0 saturated carbocycles. The highest BCUT2D eigenvalue weighted by atomic mass is 16.5. The molecule has 2 heteroatoms. The van der Waals surface area contributed by atoms with Crippen molar-refractivity contribution >= 4 is 0 Å². The SMILES string of the molecule is CNCC(c1ccccc1C)C1CCOCC1. The first-order valence-electron chi connectivity index (χ1n) is 6.61. The molecule has 17 heavy (non-hydrogen) atoms. The van der Waals surface area contributed by atoms with Crippen molar-refractivity contribution in [2.24, 2.45) is 5.92 Å². The summed E-state index contributed by atoms with van der Waals surface area (Å²) in [5.74, 6) is 1.39. The van der Waals surface area contributed by atoms with E-state index >= 15 is 0 Å². The molecule has 0 aliphatic carbocycles. The summed E-state index contributed by atoms with van der Waals surface area (Å²) in [4.78, 5) is 0. The fraction of sp³-hybridized carbons (Fsp3) is 0.600. The lowest BCUT2D eigenvalue weighted by molar-refractivity contribution is 0.0578. The predicted octanol–water partition coefficient (Wildman–Crippen LogP) is 2.72. The van der Waals surface area contributed by atoms with Gasteiger partial charge < -0.3 is 10.1 Å². The van der Waals surface area contributed by atoms with Gasteiger partial charge in [0.25, 0.3) is 0 Å². The van der Waals surface area contributed by atoms with Gasteiger partial charge in [-0.15, -0.1) is 0 Å². The van der Waals surface area contributed by atoms with Gasteiger partial charge in [0.2, 0.25) is 0 Å². The first kappa shape index (κ1) is 12.6. The van der Waals surface area contributed by atoms with Crippen molar-refractivity contribution in [1.82, 2.24) is 5.32 Å². The molecule has 1 atom stereocenters. The van der Waals surface area contributed by atoms with Crippen LogP contribution < -0.4 is 5.32 Å². The molecule has 0 spiro atoms. The third-order valence-corrected chi connectivity index (χ3v) is 3.85.